The number of carbonyl (C=O) groups excluding carboxylic acids is 1. The van der Waals surface area contributed by atoms with E-state index in [0.717, 1.165) is 6.42 Å². The topological polar surface area (TPSA) is 66.5 Å². The van der Waals surface area contributed by atoms with Crippen LogP contribution in [0.2, 0.25) is 10.0 Å². The molecule has 1 heterocycles. The quantitative estimate of drug-likeness (QED) is 0.655. The van der Waals surface area contributed by atoms with Crippen LogP contribution in [-0.4, -0.2) is 37.3 Å². The average Bonchev–Trinajstić information content (AvgIpc) is 2.55. The minimum atomic E-state index is -3.58. The van der Waals surface area contributed by atoms with Gasteiger partial charge in [-0.05, 0) is 56.2 Å². The van der Waals surface area contributed by atoms with Gasteiger partial charge in [-0.2, -0.15) is 0 Å². The number of sulfonamides is 1. The number of piperidine rings is 1. The zero-order valence-electron chi connectivity index (χ0n) is 17.9. The number of nitrogens with zero attached hydrogens (tertiary/aromatic N) is 1. The summed E-state index contributed by atoms with van der Waals surface area (Å²) in [6.07, 6.45) is 2.17. The van der Waals surface area contributed by atoms with Crippen molar-refractivity contribution in [1.82, 2.24) is 9.62 Å². The number of carbonyl (C=O) groups is 1. The molecule has 0 spiro atoms. The van der Waals surface area contributed by atoms with E-state index in [0.29, 0.717) is 35.0 Å². The van der Waals surface area contributed by atoms with Crippen LogP contribution >= 0.6 is 23.2 Å². The van der Waals surface area contributed by atoms with Crippen molar-refractivity contribution >= 4 is 39.1 Å². The molecule has 1 atom stereocenters. The average molecular weight is 463 g/mol. The molecule has 1 aliphatic heterocycles. The van der Waals surface area contributed by atoms with Crippen LogP contribution in [0.5, 0.6) is 0 Å². The zero-order chi connectivity index (χ0) is 22.0. The fourth-order valence-electron chi connectivity index (χ4n) is 4.14. The molecule has 8 heteroatoms. The Morgan fingerprint density at radius 2 is 1.86 bits per heavy atom. The molecular weight excluding hydrogens is 431 g/mol. The van der Waals surface area contributed by atoms with Crippen molar-refractivity contribution in [3.8, 4) is 0 Å². The van der Waals surface area contributed by atoms with Gasteiger partial charge in [0.05, 0.1) is 11.7 Å². The molecule has 5 nitrogen and oxygen atoms in total. The second kappa shape index (κ2) is 9.13. The van der Waals surface area contributed by atoms with Crippen LogP contribution < -0.4 is 5.32 Å². The van der Waals surface area contributed by atoms with Gasteiger partial charge in [0.1, 0.15) is 0 Å². The second-order valence-corrected chi connectivity index (χ2v) is 12.6. The monoisotopic (exact) mass is 462 g/mol. The highest BCUT2D eigenvalue weighted by Crippen LogP contribution is 2.29. The molecule has 1 aliphatic rings. The molecule has 2 rings (SSSR count). The summed E-state index contributed by atoms with van der Waals surface area (Å²) < 4.78 is 27.3. The number of halogens is 2. The van der Waals surface area contributed by atoms with Gasteiger partial charge < -0.3 is 5.32 Å². The van der Waals surface area contributed by atoms with Crippen LogP contribution in [0.3, 0.4) is 0 Å². The Bertz CT molecular complexity index is 848. The second-order valence-electron chi connectivity index (χ2n) is 9.80. The van der Waals surface area contributed by atoms with Crippen LogP contribution in [-0.2, 0) is 20.6 Å². The third-order valence-corrected chi connectivity index (χ3v) is 7.32. The summed E-state index contributed by atoms with van der Waals surface area (Å²) in [6, 6.07) is 4.80. The van der Waals surface area contributed by atoms with Crippen molar-refractivity contribution in [3.05, 3.63) is 33.8 Å². The van der Waals surface area contributed by atoms with Gasteiger partial charge in [0.2, 0.25) is 15.9 Å². The summed E-state index contributed by atoms with van der Waals surface area (Å²) in [5.41, 5.74) is 0.234. The molecule has 1 saturated heterocycles. The van der Waals surface area contributed by atoms with Gasteiger partial charge in [-0.3, -0.25) is 4.79 Å². The molecule has 1 N–H and O–H groups in total. The molecular formula is C21H32Cl2N2O3S. The van der Waals surface area contributed by atoms with Crippen LogP contribution in [0, 0.1) is 11.3 Å². The first-order valence-corrected chi connectivity index (χ1v) is 12.3. The molecule has 164 valence electrons. The molecule has 0 unspecified atom stereocenters. The molecule has 0 aromatic heterocycles. The van der Waals surface area contributed by atoms with E-state index in [9.17, 15) is 13.2 Å². The maximum absolute atomic E-state index is 12.9. The zero-order valence-corrected chi connectivity index (χ0v) is 20.2. The minimum absolute atomic E-state index is 0.0799. The van der Waals surface area contributed by atoms with E-state index in [1.165, 1.54) is 10.4 Å². The maximum atomic E-state index is 12.9. The SMILES string of the molecule is CC(C)(C)CC(C)(C)NC(=O)[C@H]1CCCN(S(=O)(=O)Cc2ccc(Cl)cc2Cl)C1. The van der Waals surface area contributed by atoms with E-state index in [-0.39, 0.29) is 35.1 Å². The van der Waals surface area contributed by atoms with E-state index in [4.69, 9.17) is 23.2 Å². The van der Waals surface area contributed by atoms with E-state index in [2.05, 4.69) is 26.1 Å². The summed E-state index contributed by atoms with van der Waals surface area (Å²) in [4.78, 5) is 12.9. The molecule has 1 fully saturated rings. The normalized spacial score (nSPS) is 19.2. The fourth-order valence-corrected chi connectivity index (χ4v) is 6.34. The first-order chi connectivity index (χ1) is 13.2. The van der Waals surface area contributed by atoms with E-state index < -0.39 is 10.0 Å². The molecule has 1 aromatic rings. The number of hydrogen-bond donors (Lipinski definition) is 1. The van der Waals surface area contributed by atoms with Crippen molar-refractivity contribution in [2.45, 2.75) is 65.2 Å². The largest absolute Gasteiger partial charge is 0.351 e. The fraction of sp³-hybridized carbons (Fsp3) is 0.667. The number of nitrogens with one attached hydrogen (secondary N) is 1. The predicted molar refractivity (Wildman–Crippen MR) is 120 cm³/mol. The lowest BCUT2D eigenvalue weighted by molar-refractivity contribution is -0.128. The van der Waals surface area contributed by atoms with Crippen LogP contribution in [0.4, 0.5) is 0 Å². The minimum Gasteiger partial charge on any atom is -0.351 e. The highest BCUT2D eigenvalue weighted by Gasteiger charge is 2.35. The van der Waals surface area contributed by atoms with Crippen LogP contribution in [0.15, 0.2) is 18.2 Å². The molecule has 0 aliphatic carbocycles. The van der Waals surface area contributed by atoms with Crippen molar-refractivity contribution in [3.63, 3.8) is 0 Å². The van der Waals surface area contributed by atoms with Crippen molar-refractivity contribution in [2.24, 2.45) is 11.3 Å². The smallest absolute Gasteiger partial charge is 0.224 e. The maximum Gasteiger partial charge on any atom is 0.224 e. The summed E-state index contributed by atoms with van der Waals surface area (Å²) in [5.74, 6) is -0.630. The number of rotatable bonds is 6. The van der Waals surface area contributed by atoms with E-state index in [1.807, 2.05) is 13.8 Å². The predicted octanol–water partition coefficient (Wildman–Crippen LogP) is 4.87. The summed E-state index contributed by atoms with van der Waals surface area (Å²) in [6.45, 7) is 11.0. The van der Waals surface area contributed by atoms with Gasteiger partial charge in [-0.25, -0.2) is 12.7 Å². The molecule has 0 saturated carbocycles. The third-order valence-electron chi connectivity index (χ3n) is 4.94. The van der Waals surface area contributed by atoms with Gasteiger partial charge in [0.15, 0.2) is 0 Å². The van der Waals surface area contributed by atoms with Gasteiger partial charge in [0.25, 0.3) is 0 Å². The highest BCUT2D eigenvalue weighted by molar-refractivity contribution is 7.88. The Kier molecular flexibility index (Phi) is 7.69. The Balaban J connectivity index is 2.06. The highest BCUT2D eigenvalue weighted by atomic mass is 35.5. The van der Waals surface area contributed by atoms with Crippen molar-refractivity contribution < 1.29 is 13.2 Å². The number of hydrogen-bond acceptors (Lipinski definition) is 3. The summed E-state index contributed by atoms with van der Waals surface area (Å²) in [5, 5.41) is 3.92. The van der Waals surface area contributed by atoms with E-state index in [1.54, 1.807) is 12.1 Å². The molecule has 29 heavy (non-hydrogen) atoms. The van der Waals surface area contributed by atoms with Gasteiger partial charge in [0, 0.05) is 28.7 Å². The van der Waals surface area contributed by atoms with E-state index >= 15 is 0 Å². The number of benzene rings is 1. The Hall–Kier alpha value is -0.820. The Morgan fingerprint density at radius 3 is 2.45 bits per heavy atom. The molecule has 1 amide bonds. The molecule has 0 radical (unpaired) electrons. The molecule has 0 bridgehead atoms. The first kappa shape index (κ1) is 24.4. The van der Waals surface area contributed by atoms with Crippen molar-refractivity contribution in [2.75, 3.05) is 13.1 Å². The van der Waals surface area contributed by atoms with Gasteiger partial charge >= 0.3 is 0 Å². The lowest BCUT2D eigenvalue weighted by Gasteiger charge is -2.36. The van der Waals surface area contributed by atoms with Crippen LogP contribution in [0.25, 0.3) is 0 Å². The van der Waals surface area contributed by atoms with Gasteiger partial charge in [-0.15, -0.1) is 0 Å². The first-order valence-electron chi connectivity index (χ1n) is 9.92. The van der Waals surface area contributed by atoms with Crippen molar-refractivity contribution in [1.29, 1.82) is 0 Å². The Labute approximate surface area is 185 Å². The summed E-state index contributed by atoms with van der Waals surface area (Å²) in [7, 11) is -3.58. The summed E-state index contributed by atoms with van der Waals surface area (Å²) >= 11 is 12.0. The lowest BCUT2D eigenvalue weighted by Crippen LogP contribution is -2.52. The third kappa shape index (κ3) is 7.42. The lowest BCUT2D eigenvalue weighted by atomic mass is 9.81. The Morgan fingerprint density at radius 1 is 1.21 bits per heavy atom. The van der Waals surface area contributed by atoms with Crippen LogP contribution in [0.1, 0.15) is 59.4 Å². The number of amides is 1. The standard InChI is InChI=1S/C21H32Cl2N2O3S/c1-20(2,3)14-21(4,5)24-19(26)15-7-6-10-25(12-15)29(27,28)13-16-8-9-17(22)11-18(16)23/h8-9,11,15H,6-7,10,12-14H2,1-5H3,(H,24,26)/t15-/m0/s1. The van der Waals surface area contributed by atoms with Gasteiger partial charge in [-0.1, -0.05) is 50.0 Å². The molecule has 1 aromatic carbocycles.